The third-order valence-corrected chi connectivity index (χ3v) is 6.18. The predicted octanol–water partition coefficient (Wildman–Crippen LogP) is 5.04. The van der Waals surface area contributed by atoms with E-state index in [0.29, 0.717) is 28.7 Å². The van der Waals surface area contributed by atoms with Gasteiger partial charge in [0.1, 0.15) is 9.88 Å². The minimum absolute atomic E-state index is 0.314. The summed E-state index contributed by atoms with van der Waals surface area (Å²) in [5.41, 5.74) is 1.74. The summed E-state index contributed by atoms with van der Waals surface area (Å²) in [7, 11) is 3.24. The van der Waals surface area contributed by atoms with E-state index in [1.54, 1.807) is 32.5 Å². The van der Waals surface area contributed by atoms with E-state index in [-0.39, 0.29) is 5.97 Å². The molecule has 7 heteroatoms. The lowest BCUT2D eigenvalue weighted by Crippen LogP contribution is -2.03. The molecule has 0 amide bonds. The standard InChI is InChI=1S/C19H19NO4S2/c1-5-24-19(21)17-11(2)20-18(26-17)16-9-8-15(25-16)12-6-7-13(22-3)14(10-12)23-4/h6-10H,5H2,1-4H3. The van der Waals surface area contributed by atoms with Crippen molar-refractivity contribution in [2.45, 2.75) is 13.8 Å². The van der Waals surface area contributed by atoms with Crippen molar-refractivity contribution < 1.29 is 19.0 Å². The van der Waals surface area contributed by atoms with Gasteiger partial charge in [-0.05, 0) is 49.7 Å². The number of thiophene rings is 1. The Hall–Kier alpha value is -2.38. The molecule has 0 N–H and O–H groups in total. The molecule has 26 heavy (non-hydrogen) atoms. The van der Waals surface area contributed by atoms with E-state index >= 15 is 0 Å². The number of rotatable bonds is 6. The molecule has 3 aromatic rings. The number of benzene rings is 1. The van der Waals surface area contributed by atoms with Gasteiger partial charge in [-0.25, -0.2) is 9.78 Å². The molecule has 0 aliphatic heterocycles. The number of esters is 1. The van der Waals surface area contributed by atoms with Crippen molar-refractivity contribution in [1.82, 2.24) is 4.98 Å². The zero-order valence-electron chi connectivity index (χ0n) is 15.0. The molecule has 0 bridgehead atoms. The fourth-order valence-electron chi connectivity index (χ4n) is 2.49. The maximum absolute atomic E-state index is 12.0. The Morgan fingerprint density at radius 2 is 1.77 bits per heavy atom. The van der Waals surface area contributed by atoms with Crippen LogP contribution in [0.15, 0.2) is 30.3 Å². The van der Waals surface area contributed by atoms with Crippen LogP contribution in [-0.2, 0) is 4.74 Å². The van der Waals surface area contributed by atoms with E-state index in [9.17, 15) is 4.79 Å². The highest BCUT2D eigenvalue weighted by Gasteiger charge is 2.18. The summed E-state index contributed by atoms with van der Waals surface area (Å²) in [5.74, 6) is 1.07. The summed E-state index contributed by atoms with van der Waals surface area (Å²) < 4.78 is 15.8. The summed E-state index contributed by atoms with van der Waals surface area (Å²) in [6, 6.07) is 9.89. The van der Waals surface area contributed by atoms with Gasteiger partial charge in [-0.2, -0.15) is 0 Å². The minimum atomic E-state index is -0.314. The predicted molar refractivity (Wildman–Crippen MR) is 105 cm³/mol. The van der Waals surface area contributed by atoms with Crippen LogP contribution in [0.4, 0.5) is 0 Å². The molecule has 1 aromatic carbocycles. The molecule has 0 saturated heterocycles. The number of methoxy groups -OCH3 is 2. The highest BCUT2D eigenvalue weighted by atomic mass is 32.1. The lowest BCUT2D eigenvalue weighted by molar-refractivity contribution is 0.0531. The molecule has 0 aliphatic carbocycles. The van der Waals surface area contributed by atoms with Crippen LogP contribution in [0.3, 0.4) is 0 Å². The Bertz CT molecular complexity index is 930. The Labute approximate surface area is 160 Å². The topological polar surface area (TPSA) is 57.7 Å². The van der Waals surface area contributed by atoms with Gasteiger partial charge < -0.3 is 14.2 Å². The van der Waals surface area contributed by atoms with E-state index in [1.165, 1.54) is 11.3 Å². The third-order valence-electron chi connectivity index (χ3n) is 3.74. The molecule has 136 valence electrons. The smallest absolute Gasteiger partial charge is 0.350 e. The first-order valence-corrected chi connectivity index (χ1v) is 9.67. The van der Waals surface area contributed by atoms with Crippen LogP contribution in [0, 0.1) is 6.92 Å². The molecule has 0 fully saturated rings. The highest BCUT2D eigenvalue weighted by Crippen LogP contribution is 2.39. The SMILES string of the molecule is CCOC(=O)c1sc(-c2ccc(-c3ccc(OC)c(OC)c3)s2)nc1C. The second-order valence-corrected chi connectivity index (χ2v) is 7.47. The van der Waals surface area contributed by atoms with Crippen LogP contribution in [0.5, 0.6) is 11.5 Å². The number of aromatic nitrogens is 1. The van der Waals surface area contributed by atoms with Crippen molar-refractivity contribution in [1.29, 1.82) is 0 Å². The number of hydrogen-bond acceptors (Lipinski definition) is 7. The molecule has 3 rings (SSSR count). The molecule has 2 aromatic heterocycles. The van der Waals surface area contributed by atoms with Crippen LogP contribution in [0.25, 0.3) is 20.3 Å². The largest absolute Gasteiger partial charge is 0.493 e. The minimum Gasteiger partial charge on any atom is -0.493 e. The Morgan fingerprint density at radius 1 is 1.04 bits per heavy atom. The molecule has 2 heterocycles. The van der Waals surface area contributed by atoms with Gasteiger partial charge in [-0.1, -0.05) is 0 Å². The Balaban J connectivity index is 1.91. The number of ether oxygens (including phenoxy) is 3. The maximum atomic E-state index is 12.0. The average molecular weight is 389 g/mol. The van der Waals surface area contributed by atoms with Crippen molar-refractivity contribution in [2.75, 3.05) is 20.8 Å². The van der Waals surface area contributed by atoms with Gasteiger partial charge in [0.2, 0.25) is 0 Å². The van der Waals surface area contributed by atoms with E-state index < -0.39 is 0 Å². The third kappa shape index (κ3) is 3.59. The second kappa shape index (κ2) is 7.88. The fourth-order valence-corrected chi connectivity index (χ4v) is 4.50. The van der Waals surface area contributed by atoms with E-state index in [1.807, 2.05) is 37.3 Å². The van der Waals surface area contributed by atoms with Crippen molar-refractivity contribution in [2.24, 2.45) is 0 Å². The van der Waals surface area contributed by atoms with Gasteiger partial charge >= 0.3 is 5.97 Å². The van der Waals surface area contributed by atoms with Crippen molar-refractivity contribution >= 4 is 28.6 Å². The van der Waals surface area contributed by atoms with Crippen molar-refractivity contribution in [3.63, 3.8) is 0 Å². The number of hydrogen-bond donors (Lipinski definition) is 0. The van der Waals surface area contributed by atoms with Gasteiger partial charge in [0, 0.05) is 4.88 Å². The second-order valence-electron chi connectivity index (χ2n) is 5.39. The van der Waals surface area contributed by atoms with Gasteiger partial charge in [0.15, 0.2) is 11.5 Å². The van der Waals surface area contributed by atoms with Crippen LogP contribution >= 0.6 is 22.7 Å². The first-order valence-electron chi connectivity index (χ1n) is 8.04. The van der Waals surface area contributed by atoms with Gasteiger partial charge in [0.25, 0.3) is 0 Å². The zero-order valence-corrected chi connectivity index (χ0v) is 16.6. The van der Waals surface area contributed by atoms with E-state index in [2.05, 4.69) is 4.98 Å². The number of nitrogens with zero attached hydrogens (tertiary/aromatic N) is 1. The summed E-state index contributed by atoms with van der Waals surface area (Å²) in [4.78, 5) is 19.2. The first-order chi connectivity index (χ1) is 12.6. The normalized spacial score (nSPS) is 10.6. The van der Waals surface area contributed by atoms with Gasteiger partial charge in [0.05, 0.1) is 31.4 Å². The lowest BCUT2D eigenvalue weighted by atomic mass is 10.1. The van der Waals surface area contributed by atoms with Crippen LogP contribution < -0.4 is 9.47 Å². The van der Waals surface area contributed by atoms with Gasteiger partial charge in [-0.15, -0.1) is 22.7 Å². The summed E-state index contributed by atoms with van der Waals surface area (Å²) in [5, 5.41) is 0.822. The zero-order chi connectivity index (χ0) is 18.7. The molecule has 0 spiro atoms. The molecular formula is C19H19NO4S2. The van der Waals surface area contributed by atoms with Crippen LogP contribution in [0.2, 0.25) is 0 Å². The maximum Gasteiger partial charge on any atom is 0.350 e. The number of thiazole rings is 1. The summed E-state index contributed by atoms with van der Waals surface area (Å²) >= 11 is 2.98. The van der Waals surface area contributed by atoms with Crippen LogP contribution in [0.1, 0.15) is 22.3 Å². The molecular weight excluding hydrogens is 370 g/mol. The fraction of sp³-hybridized carbons (Fsp3) is 0.263. The monoisotopic (exact) mass is 389 g/mol. The molecule has 0 saturated carbocycles. The molecule has 5 nitrogen and oxygen atoms in total. The van der Waals surface area contributed by atoms with E-state index in [4.69, 9.17) is 14.2 Å². The van der Waals surface area contributed by atoms with E-state index in [0.717, 1.165) is 20.3 Å². The molecule has 0 radical (unpaired) electrons. The van der Waals surface area contributed by atoms with Gasteiger partial charge in [-0.3, -0.25) is 0 Å². The Kier molecular flexibility index (Phi) is 5.58. The molecule has 0 aliphatic rings. The average Bonchev–Trinajstić information content (AvgIpc) is 3.28. The first kappa shape index (κ1) is 18.4. The number of carbonyl (C=O) groups is 1. The highest BCUT2D eigenvalue weighted by molar-refractivity contribution is 7.24. The number of carbonyl (C=O) groups excluding carboxylic acids is 1. The molecule has 0 atom stereocenters. The quantitative estimate of drug-likeness (QED) is 0.553. The summed E-state index contributed by atoms with van der Waals surface area (Å²) in [6.07, 6.45) is 0. The molecule has 0 unspecified atom stereocenters. The number of aryl methyl sites for hydroxylation is 1. The summed E-state index contributed by atoms with van der Waals surface area (Å²) in [6.45, 7) is 3.98. The van der Waals surface area contributed by atoms with Crippen LogP contribution in [-0.4, -0.2) is 31.8 Å². The van der Waals surface area contributed by atoms with Crippen molar-refractivity contribution in [3.8, 4) is 31.8 Å². The van der Waals surface area contributed by atoms with Crippen molar-refractivity contribution in [3.05, 3.63) is 40.9 Å². The Morgan fingerprint density at radius 3 is 2.46 bits per heavy atom. The lowest BCUT2D eigenvalue weighted by Gasteiger charge is -2.08.